The number of imide groups is 1. The third-order valence-electron chi connectivity index (χ3n) is 5.72. The first kappa shape index (κ1) is 31.1. The van der Waals surface area contributed by atoms with Crippen LogP contribution in [0.2, 0.25) is 0 Å². The Morgan fingerprint density at radius 3 is 2.30 bits per heavy atom. The van der Waals surface area contributed by atoms with E-state index in [4.69, 9.17) is 14.2 Å². The van der Waals surface area contributed by atoms with Gasteiger partial charge in [0.25, 0.3) is 0 Å². The van der Waals surface area contributed by atoms with Crippen molar-refractivity contribution in [3.8, 4) is 17.0 Å². The minimum absolute atomic E-state index is 0.140. The molecule has 1 aliphatic heterocycles. The van der Waals surface area contributed by atoms with Gasteiger partial charge in [-0.15, -0.1) is 4.90 Å². The number of amides is 2. The number of nitrogens with one attached hydrogen (secondary N) is 1. The van der Waals surface area contributed by atoms with Crippen molar-refractivity contribution < 1.29 is 37.7 Å². The quantitative estimate of drug-likeness (QED) is 0.298. The normalized spacial score (nSPS) is 12.6. The second-order valence-corrected chi connectivity index (χ2v) is 11.4. The number of hydrogen-bond donors (Lipinski definition) is 1. The zero-order chi connectivity index (χ0) is 31.5. The number of esters is 1. The molecular weight excluding hydrogens is 563 g/mol. The molecule has 0 radical (unpaired) electrons. The molecule has 3 aromatic rings. The van der Waals surface area contributed by atoms with E-state index in [1.807, 2.05) is 0 Å². The highest BCUT2D eigenvalue weighted by molar-refractivity contribution is 6.08. The first-order chi connectivity index (χ1) is 20.2. The zero-order valence-electron chi connectivity index (χ0n) is 25.0. The topological polar surface area (TPSA) is 155 Å². The molecule has 4 heterocycles. The van der Waals surface area contributed by atoms with Crippen molar-refractivity contribution in [2.24, 2.45) is 0 Å². The van der Waals surface area contributed by atoms with Crippen LogP contribution in [-0.2, 0) is 27.2 Å². The molecule has 0 atom stereocenters. The number of anilines is 2. The fraction of sp³-hybridized carbons (Fsp3) is 0.414. The standard InChI is InChI=1S/C29H33FN6O7/c1-28(2,3)42-26(38)36(27(39)43-29(4,5)6)25-31-12-10-20(35-25)18-15-33-23(17-11-13-41-22(17)18)32-14-16-8-9-19(30)21(34-16)24(37)40-7/h8-10,12,15H,11,13-14H2,1-7H3,(H,32,33). The maximum absolute atomic E-state index is 14.0. The molecule has 0 unspecified atom stereocenters. The smallest absolute Gasteiger partial charge is 0.427 e. The van der Waals surface area contributed by atoms with Crippen LogP contribution >= 0.6 is 0 Å². The minimum Gasteiger partial charge on any atom is -0.492 e. The van der Waals surface area contributed by atoms with Gasteiger partial charge in [-0.2, -0.15) is 0 Å². The number of halogens is 1. The van der Waals surface area contributed by atoms with Crippen LogP contribution in [-0.4, -0.2) is 63.0 Å². The second kappa shape index (κ2) is 12.2. The summed E-state index contributed by atoms with van der Waals surface area (Å²) in [5.41, 5.74) is -0.231. The molecule has 1 N–H and O–H groups in total. The molecule has 0 aliphatic carbocycles. The van der Waals surface area contributed by atoms with Gasteiger partial charge in [0, 0.05) is 24.4 Å². The molecule has 228 valence electrons. The Hall–Kier alpha value is -4.88. The van der Waals surface area contributed by atoms with Crippen LogP contribution < -0.4 is 15.0 Å². The predicted octanol–water partition coefficient (Wildman–Crippen LogP) is 5.08. The van der Waals surface area contributed by atoms with Crippen LogP contribution in [0.4, 0.5) is 25.7 Å². The number of nitrogens with zero attached hydrogens (tertiary/aromatic N) is 5. The summed E-state index contributed by atoms with van der Waals surface area (Å²) in [5.74, 6) is -0.907. The van der Waals surface area contributed by atoms with Crippen LogP contribution in [0.25, 0.3) is 11.3 Å². The molecule has 1 aliphatic rings. The molecule has 13 nitrogen and oxygen atoms in total. The van der Waals surface area contributed by atoms with Gasteiger partial charge in [-0.1, -0.05) is 0 Å². The fourth-order valence-electron chi connectivity index (χ4n) is 3.98. The van der Waals surface area contributed by atoms with Crippen LogP contribution in [0.15, 0.2) is 30.6 Å². The van der Waals surface area contributed by atoms with Crippen LogP contribution in [0.3, 0.4) is 0 Å². The lowest BCUT2D eigenvalue weighted by molar-refractivity contribution is 0.0426. The van der Waals surface area contributed by atoms with E-state index >= 15 is 0 Å². The Balaban J connectivity index is 1.64. The number of methoxy groups -OCH3 is 1. The van der Waals surface area contributed by atoms with Gasteiger partial charge in [0.1, 0.15) is 22.8 Å². The molecule has 4 rings (SSSR count). The monoisotopic (exact) mass is 596 g/mol. The van der Waals surface area contributed by atoms with Gasteiger partial charge in [-0.05, 0) is 59.7 Å². The maximum Gasteiger partial charge on any atom is 0.427 e. The highest BCUT2D eigenvalue weighted by Gasteiger charge is 2.35. The van der Waals surface area contributed by atoms with Gasteiger partial charge in [-0.3, -0.25) is 0 Å². The Bertz CT molecular complexity index is 1520. The van der Waals surface area contributed by atoms with Crippen LogP contribution in [0.1, 0.15) is 63.3 Å². The van der Waals surface area contributed by atoms with E-state index in [0.29, 0.717) is 46.4 Å². The SMILES string of the molecule is COC(=O)c1nc(CNc2ncc(-c3ccnc(N(C(=O)OC(C)(C)C)C(=O)OC(C)(C)C)n3)c3c2CCO3)ccc1F. The van der Waals surface area contributed by atoms with Gasteiger partial charge in [0.2, 0.25) is 5.95 Å². The Labute approximate surface area is 247 Å². The minimum atomic E-state index is -0.997. The van der Waals surface area contributed by atoms with Crippen molar-refractivity contribution >= 4 is 29.9 Å². The number of pyridine rings is 2. The van der Waals surface area contributed by atoms with E-state index in [9.17, 15) is 18.8 Å². The summed E-state index contributed by atoms with van der Waals surface area (Å²) in [5, 5.41) is 3.15. The predicted molar refractivity (Wildman–Crippen MR) is 152 cm³/mol. The van der Waals surface area contributed by atoms with E-state index in [-0.39, 0.29) is 12.5 Å². The molecule has 0 aromatic carbocycles. The van der Waals surface area contributed by atoms with E-state index in [1.165, 1.54) is 18.5 Å². The number of aromatic nitrogens is 4. The summed E-state index contributed by atoms with van der Waals surface area (Å²) in [6, 6.07) is 4.18. The third-order valence-corrected chi connectivity index (χ3v) is 5.72. The van der Waals surface area contributed by atoms with Crippen molar-refractivity contribution in [1.82, 2.24) is 19.9 Å². The van der Waals surface area contributed by atoms with Crippen molar-refractivity contribution in [2.45, 2.75) is 65.7 Å². The molecule has 3 aromatic heterocycles. The van der Waals surface area contributed by atoms with Crippen molar-refractivity contribution in [1.29, 1.82) is 0 Å². The summed E-state index contributed by atoms with van der Waals surface area (Å²) in [6.45, 7) is 10.5. The summed E-state index contributed by atoms with van der Waals surface area (Å²) in [6.07, 6.45) is 1.46. The van der Waals surface area contributed by atoms with Crippen LogP contribution in [0, 0.1) is 5.82 Å². The molecule has 2 amide bonds. The van der Waals surface area contributed by atoms with Crippen molar-refractivity contribution in [3.05, 3.63) is 53.4 Å². The van der Waals surface area contributed by atoms with Gasteiger partial charge >= 0.3 is 18.2 Å². The van der Waals surface area contributed by atoms with Gasteiger partial charge in [0.15, 0.2) is 11.5 Å². The van der Waals surface area contributed by atoms with E-state index in [0.717, 1.165) is 18.7 Å². The fourth-order valence-corrected chi connectivity index (χ4v) is 3.98. The largest absolute Gasteiger partial charge is 0.492 e. The third kappa shape index (κ3) is 7.50. The summed E-state index contributed by atoms with van der Waals surface area (Å²) >= 11 is 0. The molecule has 0 spiro atoms. The molecule has 14 heteroatoms. The lowest BCUT2D eigenvalue weighted by atomic mass is 10.1. The van der Waals surface area contributed by atoms with Crippen molar-refractivity contribution in [3.63, 3.8) is 0 Å². The summed E-state index contributed by atoms with van der Waals surface area (Å²) in [7, 11) is 1.15. The van der Waals surface area contributed by atoms with Crippen molar-refractivity contribution in [2.75, 3.05) is 23.9 Å². The lowest BCUT2D eigenvalue weighted by Crippen LogP contribution is -2.44. The number of hydrogen-bond acceptors (Lipinski definition) is 12. The highest BCUT2D eigenvalue weighted by atomic mass is 19.1. The van der Waals surface area contributed by atoms with Crippen LogP contribution in [0.5, 0.6) is 5.75 Å². The average molecular weight is 597 g/mol. The second-order valence-electron chi connectivity index (χ2n) is 11.4. The molecule has 43 heavy (non-hydrogen) atoms. The Kier molecular flexibility index (Phi) is 8.78. The number of carbonyl (C=O) groups excluding carboxylic acids is 3. The number of fused-ring (bicyclic) bond motifs is 1. The molecule has 0 saturated carbocycles. The summed E-state index contributed by atoms with van der Waals surface area (Å²) < 4.78 is 35.4. The average Bonchev–Trinajstić information content (AvgIpc) is 3.40. The van der Waals surface area contributed by atoms with Gasteiger partial charge < -0.3 is 24.3 Å². The Morgan fingerprint density at radius 1 is 1.00 bits per heavy atom. The number of carbonyl (C=O) groups is 3. The van der Waals surface area contributed by atoms with E-state index < -0.39 is 40.9 Å². The van der Waals surface area contributed by atoms with E-state index in [2.05, 4.69) is 30.0 Å². The number of rotatable bonds is 6. The number of ether oxygens (including phenoxy) is 4. The molecule has 0 fully saturated rings. The summed E-state index contributed by atoms with van der Waals surface area (Å²) in [4.78, 5) is 55.8. The van der Waals surface area contributed by atoms with E-state index in [1.54, 1.807) is 47.6 Å². The Morgan fingerprint density at radius 2 is 1.67 bits per heavy atom. The van der Waals surface area contributed by atoms with Gasteiger partial charge in [-0.25, -0.2) is 38.7 Å². The van der Waals surface area contributed by atoms with Gasteiger partial charge in [0.05, 0.1) is 37.2 Å². The molecule has 0 saturated heterocycles. The first-order valence-electron chi connectivity index (χ1n) is 13.4. The molecule has 0 bridgehead atoms. The first-order valence-corrected chi connectivity index (χ1v) is 13.4. The highest BCUT2D eigenvalue weighted by Crippen LogP contribution is 2.39. The zero-order valence-corrected chi connectivity index (χ0v) is 25.0. The lowest BCUT2D eigenvalue weighted by Gasteiger charge is -2.27. The molecular formula is C29H33FN6O7. The maximum atomic E-state index is 14.0.